The second kappa shape index (κ2) is 11.6. The topological polar surface area (TPSA) is 88.6 Å². The van der Waals surface area contributed by atoms with Gasteiger partial charge in [0.25, 0.3) is 5.91 Å². The maximum Gasteiger partial charge on any atom is 0.271 e. The molecule has 0 fully saturated rings. The number of hydrogen-bond donors (Lipinski definition) is 2. The van der Waals surface area contributed by atoms with Crippen molar-refractivity contribution in [3.05, 3.63) is 101 Å². The SMILES string of the molecule is COC(C(=O)N(Cl)Cc1ccc(C(=N)N)cc1)c1ccc(OCCc2ccc(F)cc2)cc1F. The molecule has 178 valence electrons. The summed E-state index contributed by atoms with van der Waals surface area (Å²) in [5, 5.41) is 7.42. The molecule has 3 N–H and O–H groups in total. The summed E-state index contributed by atoms with van der Waals surface area (Å²) in [6.07, 6.45) is -0.723. The van der Waals surface area contributed by atoms with E-state index in [4.69, 9.17) is 32.4 Å². The fourth-order valence-corrected chi connectivity index (χ4v) is 3.49. The van der Waals surface area contributed by atoms with Gasteiger partial charge in [0.1, 0.15) is 23.2 Å². The Hall–Kier alpha value is -3.49. The Balaban J connectivity index is 1.62. The van der Waals surface area contributed by atoms with Gasteiger partial charge in [0, 0.05) is 42.5 Å². The molecule has 0 heterocycles. The van der Waals surface area contributed by atoms with Gasteiger partial charge in [0.15, 0.2) is 6.10 Å². The molecular weight excluding hydrogens is 464 g/mol. The van der Waals surface area contributed by atoms with E-state index in [-0.39, 0.29) is 30.4 Å². The van der Waals surface area contributed by atoms with Gasteiger partial charge in [0.2, 0.25) is 0 Å². The predicted octanol–water partition coefficient (Wildman–Crippen LogP) is 4.74. The van der Waals surface area contributed by atoms with Crippen molar-refractivity contribution in [3.8, 4) is 5.75 Å². The van der Waals surface area contributed by atoms with Crippen LogP contribution in [-0.2, 0) is 22.5 Å². The lowest BCUT2D eigenvalue weighted by molar-refractivity contribution is -0.138. The van der Waals surface area contributed by atoms with E-state index < -0.39 is 17.8 Å². The van der Waals surface area contributed by atoms with Gasteiger partial charge >= 0.3 is 0 Å². The molecule has 9 heteroatoms. The van der Waals surface area contributed by atoms with Gasteiger partial charge in [-0.3, -0.25) is 10.2 Å². The first-order valence-corrected chi connectivity index (χ1v) is 10.7. The molecule has 3 rings (SSSR count). The highest BCUT2D eigenvalue weighted by Crippen LogP contribution is 2.27. The molecule has 3 aromatic rings. The van der Waals surface area contributed by atoms with Gasteiger partial charge in [-0.25, -0.2) is 13.2 Å². The summed E-state index contributed by atoms with van der Waals surface area (Å²) >= 11 is 6.18. The van der Waals surface area contributed by atoms with Crippen molar-refractivity contribution in [1.29, 1.82) is 5.41 Å². The third-order valence-corrected chi connectivity index (χ3v) is 5.40. The summed E-state index contributed by atoms with van der Waals surface area (Å²) in [5.74, 6) is -1.40. The van der Waals surface area contributed by atoms with E-state index >= 15 is 0 Å². The van der Waals surface area contributed by atoms with Gasteiger partial charge in [-0.15, -0.1) is 0 Å². The third kappa shape index (κ3) is 6.52. The number of rotatable bonds is 10. The molecule has 0 aliphatic heterocycles. The van der Waals surface area contributed by atoms with E-state index in [1.165, 1.54) is 31.4 Å². The summed E-state index contributed by atoms with van der Waals surface area (Å²) < 4.78 is 39.5. The van der Waals surface area contributed by atoms with Crippen LogP contribution in [-0.4, -0.2) is 29.9 Å². The highest BCUT2D eigenvalue weighted by atomic mass is 35.5. The summed E-state index contributed by atoms with van der Waals surface area (Å²) in [6.45, 7) is 0.319. The molecule has 1 unspecified atom stereocenters. The summed E-state index contributed by atoms with van der Waals surface area (Å²) in [5.41, 5.74) is 7.60. The Morgan fingerprint density at radius 1 is 1.06 bits per heavy atom. The predicted molar refractivity (Wildman–Crippen MR) is 126 cm³/mol. The Labute approximate surface area is 201 Å². The van der Waals surface area contributed by atoms with Crippen LogP contribution in [0.2, 0.25) is 0 Å². The van der Waals surface area contributed by atoms with E-state index in [0.29, 0.717) is 23.3 Å². The van der Waals surface area contributed by atoms with Crippen molar-refractivity contribution in [2.45, 2.75) is 19.1 Å². The van der Waals surface area contributed by atoms with Crippen LogP contribution >= 0.6 is 11.8 Å². The number of ether oxygens (including phenoxy) is 2. The zero-order valence-corrected chi connectivity index (χ0v) is 19.2. The second-order valence-electron chi connectivity index (χ2n) is 7.49. The van der Waals surface area contributed by atoms with E-state index in [9.17, 15) is 13.6 Å². The fourth-order valence-electron chi connectivity index (χ4n) is 3.26. The zero-order chi connectivity index (χ0) is 24.7. The highest BCUT2D eigenvalue weighted by Gasteiger charge is 2.28. The van der Waals surface area contributed by atoms with Crippen molar-refractivity contribution in [2.24, 2.45) is 5.73 Å². The molecule has 6 nitrogen and oxygen atoms in total. The molecule has 0 bridgehead atoms. The monoisotopic (exact) mass is 487 g/mol. The van der Waals surface area contributed by atoms with E-state index in [0.717, 1.165) is 9.98 Å². The molecule has 1 atom stereocenters. The van der Waals surface area contributed by atoms with Gasteiger partial charge in [-0.1, -0.05) is 36.4 Å². The molecule has 0 spiro atoms. The maximum atomic E-state index is 14.8. The quantitative estimate of drug-likeness (QED) is 0.245. The number of halogens is 3. The van der Waals surface area contributed by atoms with Crippen LogP contribution in [0.4, 0.5) is 8.78 Å². The lowest BCUT2D eigenvalue weighted by Crippen LogP contribution is -2.29. The lowest BCUT2D eigenvalue weighted by Gasteiger charge is -2.21. The van der Waals surface area contributed by atoms with Crippen molar-refractivity contribution < 1.29 is 23.0 Å². The van der Waals surface area contributed by atoms with Crippen LogP contribution in [0, 0.1) is 17.0 Å². The minimum atomic E-state index is -1.25. The second-order valence-corrected chi connectivity index (χ2v) is 7.90. The standard InChI is InChI=1S/C25H24ClF2N3O3/c1-33-23(25(32)31(26)15-17-2-6-18(7-3-17)24(29)30)21-11-10-20(14-22(21)28)34-13-12-16-4-8-19(27)9-5-16/h2-11,14,23H,12-13,15H2,1H3,(H3,29,30). The van der Waals surface area contributed by atoms with E-state index in [2.05, 4.69) is 0 Å². The largest absolute Gasteiger partial charge is 0.493 e. The molecule has 0 aliphatic carbocycles. The molecule has 1 amide bonds. The van der Waals surface area contributed by atoms with Crippen LogP contribution in [0.25, 0.3) is 0 Å². The Kier molecular flexibility index (Phi) is 8.56. The van der Waals surface area contributed by atoms with Crippen LogP contribution in [0.1, 0.15) is 28.4 Å². The molecule has 0 radical (unpaired) electrons. The number of nitrogens with one attached hydrogen (secondary N) is 1. The first-order chi connectivity index (χ1) is 16.3. The molecule has 0 aromatic heterocycles. The first-order valence-electron chi connectivity index (χ1n) is 10.4. The number of methoxy groups -OCH3 is 1. The minimum Gasteiger partial charge on any atom is -0.493 e. The normalized spacial score (nSPS) is 11.6. The molecule has 34 heavy (non-hydrogen) atoms. The third-order valence-electron chi connectivity index (χ3n) is 5.11. The van der Waals surface area contributed by atoms with Crippen LogP contribution in [0.5, 0.6) is 5.75 Å². The Morgan fingerprint density at radius 3 is 2.29 bits per heavy atom. The van der Waals surface area contributed by atoms with E-state index in [1.54, 1.807) is 42.5 Å². The van der Waals surface area contributed by atoms with Gasteiger partial charge in [-0.05, 0) is 35.4 Å². The number of nitrogens with zero attached hydrogens (tertiary/aromatic N) is 1. The highest BCUT2D eigenvalue weighted by molar-refractivity contribution is 6.21. The zero-order valence-electron chi connectivity index (χ0n) is 18.4. The van der Waals surface area contributed by atoms with Gasteiger partial charge in [0.05, 0.1) is 13.2 Å². The number of nitrogen functional groups attached to an aromatic ring is 1. The Bertz CT molecular complexity index is 1140. The average Bonchev–Trinajstić information content (AvgIpc) is 2.82. The number of amides is 1. The minimum absolute atomic E-state index is 0.0240. The summed E-state index contributed by atoms with van der Waals surface area (Å²) in [6, 6.07) is 16.9. The summed E-state index contributed by atoms with van der Waals surface area (Å²) in [7, 11) is 1.29. The first kappa shape index (κ1) is 25.1. The molecule has 0 saturated heterocycles. The number of carbonyl (C=O) groups excluding carboxylic acids is 1. The smallest absolute Gasteiger partial charge is 0.271 e. The van der Waals surface area contributed by atoms with Crippen LogP contribution < -0.4 is 10.5 Å². The van der Waals surface area contributed by atoms with Gasteiger partial charge in [-0.2, -0.15) is 0 Å². The van der Waals surface area contributed by atoms with Crippen molar-refractivity contribution in [1.82, 2.24) is 4.42 Å². The number of nitrogens with two attached hydrogens (primary N) is 1. The molecule has 0 saturated carbocycles. The Morgan fingerprint density at radius 2 is 1.71 bits per heavy atom. The molecular formula is C25H24ClF2N3O3. The van der Waals surface area contributed by atoms with E-state index in [1.807, 2.05) is 0 Å². The van der Waals surface area contributed by atoms with Crippen LogP contribution in [0.15, 0.2) is 66.7 Å². The van der Waals surface area contributed by atoms with Gasteiger partial charge < -0.3 is 15.2 Å². The number of hydrogen-bond acceptors (Lipinski definition) is 4. The summed E-state index contributed by atoms with van der Waals surface area (Å²) in [4.78, 5) is 12.8. The fraction of sp³-hybridized carbons (Fsp3) is 0.200. The number of amidine groups is 1. The average molecular weight is 488 g/mol. The number of carbonyl (C=O) groups is 1. The lowest BCUT2D eigenvalue weighted by atomic mass is 10.1. The molecule has 3 aromatic carbocycles. The van der Waals surface area contributed by atoms with Crippen molar-refractivity contribution in [3.63, 3.8) is 0 Å². The number of benzene rings is 3. The van der Waals surface area contributed by atoms with Crippen LogP contribution in [0.3, 0.4) is 0 Å². The van der Waals surface area contributed by atoms with Crippen molar-refractivity contribution in [2.75, 3.05) is 13.7 Å². The molecule has 0 aliphatic rings. The maximum absolute atomic E-state index is 14.8. The van der Waals surface area contributed by atoms with Crippen molar-refractivity contribution >= 4 is 23.5 Å².